The quantitative estimate of drug-likeness (QED) is 0.708. The first-order chi connectivity index (χ1) is 7.15. The van der Waals surface area contributed by atoms with Crippen molar-refractivity contribution >= 4 is 5.91 Å². The summed E-state index contributed by atoms with van der Waals surface area (Å²) < 4.78 is 0. The minimum absolute atomic E-state index is 0.0341. The SMILES string of the molecule is CNCC1C(=O)N(C2CC2)C(C)CN1C. The van der Waals surface area contributed by atoms with Crippen molar-refractivity contribution in [3.05, 3.63) is 0 Å². The number of hydrogen-bond donors (Lipinski definition) is 1. The van der Waals surface area contributed by atoms with Crippen LogP contribution < -0.4 is 5.32 Å². The molecule has 1 saturated heterocycles. The van der Waals surface area contributed by atoms with Crippen molar-refractivity contribution in [2.75, 3.05) is 27.2 Å². The molecule has 0 radical (unpaired) electrons. The molecule has 1 saturated carbocycles. The van der Waals surface area contributed by atoms with Crippen LogP contribution >= 0.6 is 0 Å². The fourth-order valence-corrected chi connectivity index (χ4v) is 2.54. The Morgan fingerprint density at radius 3 is 2.67 bits per heavy atom. The maximum Gasteiger partial charge on any atom is 0.241 e. The fourth-order valence-electron chi connectivity index (χ4n) is 2.54. The van der Waals surface area contributed by atoms with Gasteiger partial charge in [0.2, 0.25) is 5.91 Å². The van der Waals surface area contributed by atoms with E-state index in [0.717, 1.165) is 13.1 Å². The van der Waals surface area contributed by atoms with Crippen LogP contribution in [-0.2, 0) is 4.79 Å². The van der Waals surface area contributed by atoms with E-state index < -0.39 is 0 Å². The van der Waals surface area contributed by atoms with Gasteiger partial charge in [-0.05, 0) is 33.9 Å². The summed E-state index contributed by atoms with van der Waals surface area (Å²) in [7, 11) is 3.95. The van der Waals surface area contributed by atoms with Crippen molar-refractivity contribution in [3.63, 3.8) is 0 Å². The highest BCUT2D eigenvalue weighted by atomic mass is 16.2. The van der Waals surface area contributed by atoms with Crippen molar-refractivity contribution in [1.29, 1.82) is 0 Å². The molecular formula is C11H21N3O. The average molecular weight is 211 g/mol. The Labute approximate surface area is 91.6 Å². The number of amides is 1. The van der Waals surface area contributed by atoms with Gasteiger partial charge >= 0.3 is 0 Å². The third-order valence-corrected chi connectivity index (χ3v) is 3.44. The molecular weight excluding hydrogens is 190 g/mol. The van der Waals surface area contributed by atoms with Crippen LogP contribution in [0.2, 0.25) is 0 Å². The standard InChI is InChI=1S/C11H21N3O/c1-8-7-13(3)10(6-12-2)11(15)14(8)9-4-5-9/h8-10,12H,4-7H2,1-3H3. The third-order valence-electron chi connectivity index (χ3n) is 3.44. The van der Waals surface area contributed by atoms with Crippen LogP contribution in [0.4, 0.5) is 0 Å². The van der Waals surface area contributed by atoms with Crippen LogP contribution in [0.1, 0.15) is 19.8 Å². The minimum atomic E-state index is 0.0341. The maximum atomic E-state index is 12.3. The van der Waals surface area contributed by atoms with Gasteiger partial charge in [-0.1, -0.05) is 0 Å². The summed E-state index contributed by atoms with van der Waals surface area (Å²) in [6, 6.07) is 0.954. The Kier molecular flexibility index (Phi) is 2.98. The molecule has 2 fully saturated rings. The first kappa shape index (κ1) is 10.9. The summed E-state index contributed by atoms with van der Waals surface area (Å²) in [6.45, 7) is 3.90. The Balaban J connectivity index is 2.09. The number of likely N-dealkylation sites (N-methyl/N-ethyl adjacent to an activating group) is 2. The van der Waals surface area contributed by atoms with E-state index >= 15 is 0 Å². The van der Waals surface area contributed by atoms with Crippen LogP contribution in [0.25, 0.3) is 0 Å². The molecule has 0 aromatic heterocycles. The summed E-state index contributed by atoms with van der Waals surface area (Å²) in [5.74, 6) is 0.313. The van der Waals surface area contributed by atoms with Gasteiger partial charge < -0.3 is 10.2 Å². The number of piperazine rings is 1. The van der Waals surface area contributed by atoms with Gasteiger partial charge in [-0.25, -0.2) is 0 Å². The average Bonchev–Trinajstić information content (AvgIpc) is 2.96. The molecule has 2 atom stereocenters. The molecule has 0 aromatic carbocycles. The van der Waals surface area contributed by atoms with Gasteiger partial charge in [0, 0.05) is 25.2 Å². The summed E-state index contributed by atoms with van der Waals surface area (Å²) in [5.41, 5.74) is 0. The Hall–Kier alpha value is -0.610. The second-order valence-corrected chi connectivity index (χ2v) is 4.84. The van der Waals surface area contributed by atoms with Crippen LogP contribution in [0.3, 0.4) is 0 Å². The smallest absolute Gasteiger partial charge is 0.241 e. The zero-order chi connectivity index (χ0) is 11.0. The molecule has 2 rings (SSSR count). The highest BCUT2D eigenvalue weighted by Gasteiger charge is 2.43. The van der Waals surface area contributed by atoms with Crippen molar-refractivity contribution < 1.29 is 4.79 Å². The Bertz CT molecular complexity index is 252. The van der Waals surface area contributed by atoms with Crippen molar-refractivity contribution in [3.8, 4) is 0 Å². The predicted octanol–water partition coefficient (Wildman–Crippen LogP) is -0.101. The van der Waals surface area contributed by atoms with Crippen molar-refractivity contribution in [1.82, 2.24) is 15.1 Å². The number of nitrogens with zero attached hydrogens (tertiary/aromatic N) is 2. The van der Waals surface area contributed by atoms with Gasteiger partial charge in [-0.3, -0.25) is 9.69 Å². The van der Waals surface area contributed by atoms with Crippen LogP contribution in [0, 0.1) is 0 Å². The maximum absolute atomic E-state index is 12.3. The molecule has 1 N–H and O–H groups in total. The largest absolute Gasteiger partial charge is 0.334 e. The molecule has 4 heteroatoms. The lowest BCUT2D eigenvalue weighted by Gasteiger charge is -2.43. The van der Waals surface area contributed by atoms with Crippen molar-refractivity contribution in [2.45, 2.75) is 37.9 Å². The predicted molar refractivity (Wildman–Crippen MR) is 59.7 cm³/mol. The number of carbonyl (C=O) groups is 1. The topological polar surface area (TPSA) is 35.6 Å². The minimum Gasteiger partial charge on any atom is -0.334 e. The molecule has 2 unspecified atom stereocenters. The first-order valence-electron chi connectivity index (χ1n) is 5.82. The lowest BCUT2D eigenvalue weighted by molar-refractivity contribution is -0.145. The summed E-state index contributed by atoms with van der Waals surface area (Å²) in [6.07, 6.45) is 2.40. The van der Waals surface area contributed by atoms with Crippen LogP contribution in [-0.4, -0.2) is 61.0 Å². The van der Waals surface area contributed by atoms with E-state index in [1.165, 1.54) is 12.8 Å². The van der Waals surface area contributed by atoms with E-state index in [4.69, 9.17) is 0 Å². The number of hydrogen-bond acceptors (Lipinski definition) is 3. The molecule has 86 valence electrons. The van der Waals surface area contributed by atoms with E-state index in [1.807, 2.05) is 14.1 Å². The molecule has 0 spiro atoms. The molecule has 15 heavy (non-hydrogen) atoms. The number of carbonyl (C=O) groups excluding carboxylic acids is 1. The zero-order valence-corrected chi connectivity index (χ0v) is 9.86. The molecule has 1 aliphatic carbocycles. The molecule has 1 amide bonds. The summed E-state index contributed by atoms with van der Waals surface area (Å²) >= 11 is 0. The Morgan fingerprint density at radius 1 is 1.47 bits per heavy atom. The van der Waals surface area contributed by atoms with E-state index in [1.54, 1.807) is 0 Å². The number of rotatable bonds is 3. The molecule has 2 aliphatic rings. The highest BCUT2D eigenvalue weighted by Crippen LogP contribution is 2.31. The summed E-state index contributed by atoms with van der Waals surface area (Å²) in [5, 5.41) is 3.10. The molecule has 4 nitrogen and oxygen atoms in total. The van der Waals surface area contributed by atoms with Gasteiger partial charge in [0.05, 0.1) is 0 Å². The van der Waals surface area contributed by atoms with Gasteiger partial charge in [-0.2, -0.15) is 0 Å². The van der Waals surface area contributed by atoms with E-state index in [9.17, 15) is 4.79 Å². The van der Waals surface area contributed by atoms with Crippen LogP contribution in [0.15, 0.2) is 0 Å². The molecule has 0 bridgehead atoms. The van der Waals surface area contributed by atoms with Crippen molar-refractivity contribution in [2.24, 2.45) is 0 Å². The second-order valence-electron chi connectivity index (χ2n) is 4.84. The monoisotopic (exact) mass is 211 g/mol. The Morgan fingerprint density at radius 2 is 2.13 bits per heavy atom. The molecule has 0 aromatic rings. The summed E-state index contributed by atoms with van der Waals surface area (Å²) in [4.78, 5) is 16.5. The number of nitrogens with one attached hydrogen (secondary N) is 1. The lowest BCUT2D eigenvalue weighted by Crippen LogP contribution is -2.62. The molecule has 1 heterocycles. The van der Waals surface area contributed by atoms with Gasteiger partial charge in [0.25, 0.3) is 0 Å². The normalized spacial score (nSPS) is 33.5. The van der Waals surface area contributed by atoms with Gasteiger partial charge in [-0.15, -0.1) is 0 Å². The fraction of sp³-hybridized carbons (Fsp3) is 0.909. The van der Waals surface area contributed by atoms with E-state index in [0.29, 0.717) is 18.0 Å². The first-order valence-corrected chi connectivity index (χ1v) is 5.82. The lowest BCUT2D eigenvalue weighted by atomic mass is 10.1. The second kappa shape index (κ2) is 4.10. The van der Waals surface area contributed by atoms with E-state index in [2.05, 4.69) is 22.0 Å². The highest BCUT2D eigenvalue weighted by molar-refractivity contribution is 5.84. The molecule has 1 aliphatic heterocycles. The zero-order valence-electron chi connectivity index (χ0n) is 9.86. The third kappa shape index (κ3) is 2.01. The van der Waals surface area contributed by atoms with Crippen LogP contribution in [0.5, 0.6) is 0 Å². The van der Waals surface area contributed by atoms with E-state index in [-0.39, 0.29) is 6.04 Å². The van der Waals surface area contributed by atoms with Gasteiger partial charge in [0.15, 0.2) is 0 Å². The van der Waals surface area contributed by atoms with Gasteiger partial charge in [0.1, 0.15) is 6.04 Å².